The van der Waals surface area contributed by atoms with Crippen molar-refractivity contribution < 1.29 is 4.57 Å². The summed E-state index contributed by atoms with van der Waals surface area (Å²) >= 11 is 0. The van der Waals surface area contributed by atoms with Gasteiger partial charge in [-0.3, -0.25) is 4.98 Å². The number of aromatic nitrogens is 2. The van der Waals surface area contributed by atoms with Gasteiger partial charge in [0.1, 0.15) is 7.05 Å². The van der Waals surface area contributed by atoms with Gasteiger partial charge in [0.2, 0.25) is 5.69 Å². The van der Waals surface area contributed by atoms with Gasteiger partial charge >= 0.3 is 0 Å². The van der Waals surface area contributed by atoms with Crippen molar-refractivity contribution in [2.75, 3.05) is 0 Å². The van der Waals surface area contributed by atoms with Gasteiger partial charge in [0.05, 0.1) is 12.4 Å². The second-order valence-corrected chi connectivity index (χ2v) is 2.77. The van der Waals surface area contributed by atoms with Crippen molar-refractivity contribution in [3.05, 3.63) is 24.3 Å². The zero-order valence-corrected chi connectivity index (χ0v) is 6.70. The largest absolute Gasteiger partial charge is 0.252 e. The van der Waals surface area contributed by atoms with Gasteiger partial charge in [-0.05, 0) is 0 Å². The minimum absolute atomic E-state index is 0.554. The van der Waals surface area contributed by atoms with Crippen molar-refractivity contribution in [2.45, 2.75) is 19.8 Å². The van der Waals surface area contributed by atoms with Crippen molar-refractivity contribution in [3.63, 3.8) is 0 Å². The fraction of sp³-hybridized carbons (Fsp3) is 0.500. The Morgan fingerprint density at radius 3 is 2.60 bits per heavy atom. The molecule has 1 aromatic heterocycles. The lowest BCUT2D eigenvalue weighted by Crippen LogP contribution is -2.33. The molecule has 0 aliphatic carbocycles. The zero-order chi connectivity index (χ0) is 7.56. The van der Waals surface area contributed by atoms with E-state index < -0.39 is 0 Å². The van der Waals surface area contributed by atoms with Crippen molar-refractivity contribution in [2.24, 2.45) is 7.05 Å². The Balaban J connectivity index is 3.03. The molecule has 0 saturated heterocycles. The molecular weight excluding hydrogens is 124 g/mol. The Morgan fingerprint density at radius 2 is 2.20 bits per heavy atom. The zero-order valence-electron chi connectivity index (χ0n) is 6.70. The highest BCUT2D eigenvalue weighted by atomic mass is 14.9. The maximum absolute atomic E-state index is 4.05. The third-order valence-electron chi connectivity index (χ3n) is 1.58. The fourth-order valence-corrected chi connectivity index (χ4v) is 0.991. The monoisotopic (exact) mass is 137 g/mol. The first kappa shape index (κ1) is 7.19. The lowest BCUT2D eigenvalue weighted by Gasteiger charge is -1.99. The van der Waals surface area contributed by atoms with Gasteiger partial charge in [-0.2, -0.15) is 0 Å². The summed E-state index contributed by atoms with van der Waals surface area (Å²) in [6.45, 7) is 4.33. The summed E-state index contributed by atoms with van der Waals surface area (Å²) in [6, 6.07) is 0. The van der Waals surface area contributed by atoms with Crippen LogP contribution in [0.4, 0.5) is 0 Å². The van der Waals surface area contributed by atoms with Crippen LogP contribution in [0.1, 0.15) is 25.5 Å². The normalized spacial score (nSPS) is 10.4. The molecule has 54 valence electrons. The predicted octanol–water partition coefficient (Wildman–Crippen LogP) is 1.03. The molecule has 0 amide bonds. The molecule has 1 rings (SSSR count). The van der Waals surface area contributed by atoms with Gasteiger partial charge in [-0.15, -0.1) is 0 Å². The topological polar surface area (TPSA) is 16.8 Å². The SMILES string of the molecule is CC(C)c1cncc[n+]1C. The highest BCUT2D eigenvalue weighted by molar-refractivity contribution is 4.92. The Labute approximate surface area is 61.5 Å². The fourth-order valence-electron chi connectivity index (χ4n) is 0.991. The minimum atomic E-state index is 0.554. The van der Waals surface area contributed by atoms with Gasteiger partial charge in [-0.25, -0.2) is 4.57 Å². The molecule has 1 aromatic rings. The van der Waals surface area contributed by atoms with Crippen LogP contribution < -0.4 is 4.57 Å². The van der Waals surface area contributed by atoms with Crippen LogP contribution in [0.5, 0.6) is 0 Å². The van der Waals surface area contributed by atoms with Crippen molar-refractivity contribution in [3.8, 4) is 0 Å². The Hall–Kier alpha value is -0.920. The van der Waals surface area contributed by atoms with E-state index in [1.165, 1.54) is 5.69 Å². The molecule has 10 heavy (non-hydrogen) atoms. The number of hydrogen-bond donors (Lipinski definition) is 0. The molecule has 0 fully saturated rings. The molecule has 0 aromatic carbocycles. The summed E-state index contributed by atoms with van der Waals surface area (Å²) in [6.07, 6.45) is 5.67. The van der Waals surface area contributed by atoms with E-state index in [9.17, 15) is 0 Å². The van der Waals surface area contributed by atoms with Crippen molar-refractivity contribution >= 4 is 0 Å². The first-order valence-electron chi connectivity index (χ1n) is 3.51. The van der Waals surface area contributed by atoms with E-state index in [2.05, 4.69) is 23.4 Å². The summed E-state index contributed by atoms with van der Waals surface area (Å²) in [4.78, 5) is 4.05. The molecule has 2 heteroatoms. The molecule has 0 aliphatic heterocycles. The standard InChI is InChI=1S/C8H13N2/c1-7(2)8-6-9-4-5-10(8)3/h4-7H,1-3H3/q+1. The maximum atomic E-state index is 4.05. The predicted molar refractivity (Wildman–Crippen MR) is 39.5 cm³/mol. The molecule has 0 spiro atoms. The minimum Gasteiger partial charge on any atom is -0.252 e. The van der Waals surface area contributed by atoms with Crippen LogP contribution in [0.15, 0.2) is 18.6 Å². The van der Waals surface area contributed by atoms with Crippen LogP contribution in [0.2, 0.25) is 0 Å². The van der Waals surface area contributed by atoms with E-state index in [0.717, 1.165) is 0 Å². The molecule has 2 nitrogen and oxygen atoms in total. The molecule has 0 aliphatic rings. The van der Waals surface area contributed by atoms with Gasteiger partial charge in [0.15, 0.2) is 6.20 Å². The molecule has 0 N–H and O–H groups in total. The first-order valence-corrected chi connectivity index (χ1v) is 3.51. The molecule has 0 saturated carbocycles. The molecule has 0 atom stereocenters. The third kappa shape index (κ3) is 1.32. The molecule has 0 radical (unpaired) electrons. The lowest BCUT2D eigenvalue weighted by atomic mass is 10.1. The maximum Gasteiger partial charge on any atom is 0.202 e. The Bertz CT molecular complexity index is 218. The van der Waals surface area contributed by atoms with E-state index in [4.69, 9.17) is 0 Å². The Kier molecular flexibility index (Phi) is 2.00. The lowest BCUT2D eigenvalue weighted by molar-refractivity contribution is -0.680. The van der Waals surface area contributed by atoms with Gasteiger partial charge < -0.3 is 0 Å². The molecule has 0 bridgehead atoms. The average Bonchev–Trinajstić information content (AvgIpc) is 1.88. The van der Waals surface area contributed by atoms with E-state index >= 15 is 0 Å². The number of hydrogen-bond acceptors (Lipinski definition) is 1. The smallest absolute Gasteiger partial charge is 0.202 e. The van der Waals surface area contributed by atoms with Gasteiger partial charge in [0, 0.05) is 5.92 Å². The van der Waals surface area contributed by atoms with Crippen LogP contribution in [0.25, 0.3) is 0 Å². The van der Waals surface area contributed by atoms with E-state index in [0.29, 0.717) is 5.92 Å². The van der Waals surface area contributed by atoms with Crippen LogP contribution >= 0.6 is 0 Å². The highest BCUT2D eigenvalue weighted by Gasteiger charge is 2.08. The average molecular weight is 137 g/mol. The Morgan fingerprint density at radius 1 is 1.50 bits per heavy atom. The summed E-state index contributed by atoms with van der Waals surface area (Å²) < 4.78 is 2.09. The molecule has 0 unspecified atom stereocenters. The molecular formula is C8H13N2+. The third-order valence-corrected chi connectivity index (χ3v) is 1.58. The van der Waals surface area contributed by atoms with Crippen LogP contribution in [0, 0.1) is 0 Å². The quantitative estimate of drug-likeness (QED) is 0.528. The summed E-state index contributed by atoms with van der Waals surface area (Å²) in [5.74, 6) is 0.554. The second-order valence-electron chi connectivity index (χ2n) is 2.77. The van der Waals surface area contributed by atoms with E-state index in [1.807, 2.05) is 19.4 Å². The van der Waals surface area contributed by atoms with Crippen LogP contribution in [-0.2, 0) is 7.05 Å². The number of aryl methyl sites for hydroxylation is 1. The summed E-state index contributed by atoms with van der Waals surface area (Å²) in [5, 5.41) is 0. The van der Waals surface area contributed by atoms with Gasteiger partial charge in [-0.1, -0.05) is 13.8 Å². The number of nitrogens with zero attached hydrogens (tertiary/aromatic N) is 2. The second kappa shape index (κ2) is 2.78. The number of rotatable bonds is 1. The highest BCUT2D eigenvalue weighted by Crippen LogP contribution is 2.05. The van der Waals surface area contributed by atoms with E-state index in [1.54, 1.807) is 6.20 Å². The van der Waals surface area contributed by atoms with Crippen LogP contribution in [-0.4, -0.2) is 4.98 Å². The van der Waals surface area contributed by atoms with E-state index in [-0.39, 0.29) is 0 Å². The van der Waals surface area contributed by atoms with Crippen molar-refractivity contribution in [1.29, 1.82) is 0 Å². The molecule has 1 heterocycles. The first-order chi connectivity index (χ1) is 4.72. The summed E-state index contributed by atoms with van der Waals surface area (Å²) in [7, 11) is 2.04. The van der Waals surface area contributed by atoms with Gasteiger partial charge in [0.25, 0.3) is 0 Å². The summed E-state index contributed by atoms with van der Waals surface area (Å²) in [5.41, 5.74) is 1.27. The van der Waals surface area contributed by atoms with Crippen LogP contribution in [0.3, 0.4) is 0 Å². The van der Waals surface area contributed by atoms with Crippen molar-refractivity contribution in [1.82, 2.24) is 4.98 Å².